The Morgan fingerprint density at radius 2 is 1.63 bits per heavy atom. The van der Waals surface area contributed by atoms with Gasteiger partial charge >= 0.3 is 0 Å². The van der Waals surface area contributed by atoms with E-state index in [9.17, 15) is 13.2 Å². The summed E-state index contributed by atoms with van der Waals surface area (Å²) in [6.45, 7) is 3.83. The molecule has 0 unspecified atom stereocenters. The third kappa shape index (κ3) is 5.78. The molecule has 5 nitrogen and oxygen atoms in total. The fourth-order valence-electron chi connectivity index (χ4n) is 3.00. The zero-order valence-corrected chi connectivity index (χ0v) is 19.1. The van der Waals surface area contributed by atoms with E-state index < -0.39 is 22.0 Å². The monoisotopic (exact) mass is 486 g/mol. The Kier molecular flexibility index (Phi) is 7.07. The molecule has 0 fully saturated rings. The number of hydrogen-bond donors (Lipinski definition) is 2. The number of hydrogen-bond acceptors (Lipinski definition) is 3. The highest BCUT2D eigenvalue weighted by molar-refractivity contribution is 9.10. The van der Waals surface area contributed by atoms with Gasteiger partial charge in [0.1, 0.15) is 6.04 Å². The van der Waals surface area contributed by atoms with E-state index in [0.29, 0.717) is 5.69 Å². The summed E-state index contributed by atoms with van der Waals surface area (Å²) in [6.07, 6.45) is 0.229. The maximum absolute atomic E-state index is 13.1. The van der Waals surface area contributed by atoms with Crippen LogP contribution in [0.3, 0.4) is 0 Å². The number of sulfonamides is 1. The average Bonchev–Trinajstić information content (AvgIpc) is 2.71. The summed E-state index contributed by atoms with van der Waals surface area (Å²) < 4.78 is 29.2. The summed E-state index contributed by atoms with van der Waals surface area (Å²) >= 11 is 3.30. The molecule has 1 atom stereocenters. The van der Waals surface area contributed by atoms with Gasteiger partial charge in [-0.15, -0.1) is 0 Å². The standard InChI is InChI=1S/C23H23BrN2O3S/c1-16-8-9-17(2)21(14-16)25-23(27)22(15-18-6-4-3-5-7-18)26-30(28,29)20-12-10-19(24)11-13-20/h3-14,22,26H,15H2,1-2H3,(H,25,27)/t22-/m1/s1. The Morgan fingerprint density at radius 1 is 0.967 bits per heavy atom. The first-order valence-electron chi connectivity index (χ1n) is 9.44. The molecule has 3 rings (SSSR count). The van der Waals surface area contributed by atoms with Crippen molar-refractivity contribution in [1.29, 1.82) is 0 Å². The summed E-state index contributed by atoms with van der Waals surface area (Å²) in [5.74, 6) is -0.409. The first-order valence-corrected chi connectivity index (χ1v) is 11.7. The van der Waals surface area contributed by atoms with E-state index in [-0.39, 0.29) is 11.3 Å². The van der Waals surface area contributed by atoms with Gasteiger partial charge in [0.15, 0.2) is 0 Å². The third-order valence-electron chi connectivity index (χ3n) is 4.67. The fraction of sp³-hybridized carbons (Fsp3) is 0.174. The molecular weight excluding hydrogens is 464 g/mol. The minimum Gasteiger partial charge on any atom is -0.324 e. The van der Waals surface area contributed by atoms with Gasteiger partial charge in [0, 0.05) is 10.2 Å². The van der Waals surface area contributed by atoms with Crippen LogP contribution in [0, 0.1) is 13.8 Å². The highest BCUT2D eigenvalue weighted by Gasteiger charge is 2.26. The molecule has 0 aliphatic carbocycles. The van der Waals surface area contributed by atoms with Gasteiger partial charge in [-0.2, -0.15) is 4.72 Å². The van der Waals surface area contributed by atoms with E-state index in [1.54, 1.807) is 12.1 Å². The molecule has 1 amide bonds. The van der Waals surface area contributed by atoms with Crippen molar-refractivity contribution in [3.8, 4) is 0 Å². The zero-order valence-electron chi connectivity index (χ0n) is 16.7. The van der Waals surface area contributed by atoms with Gasteiger partial charge in [0.2, 0.25) is 15.9 Å². The Labute approximate surface area is 185 Å². The predicted octanol–water partition coefficient (Wildman–Crippen LogP) is 4.59. The first-order chi connectivity index (χ1) is 14.2. The maximum Gasteiger partial charge on any atom is 0.242 e. The molecule has 156 valence electrons. The molecule has 3 aromatic rings. The largest absolute Gasteiger partial charge is 0.324 e. The lowest BCUT2D eigenvalue weighted by Crippen LogP contribution is -2.45. The molecule has 0 spiro atoms. The van der Waals surface area contributed by atoms with Gasteiger partial charge in [-0.1, -0.05) is 58.4 Å². The van der Waals surface area contributed by atoms with Crippen molar-refractivity contribution < 1.29 is 13.2 Å². The molecule has 0 radical (unpaired) electrons. The van der Waals surface area contributed by atoms with Crippen molar-refractivity contribution in [3.63, 3.8) is 0 Å². The van der Waals surface area contributed by atoms with E-state index in [1.165, 1.54) is 12.1 Å². The minimum absolute atomic E-state index is 0.100. The second-order valence-electron chi connectivity index (χ2n) is 7.13. The van der Waals surface area contributed by atoms with Gasteiger partial charge < -0.3 is 5.32 Å². The lowest BCUT2D eigenvalue weighted by Gasteiger charge is -2.20. The number of benzene rings is 3. The number of halogens is 1. The quantitative estimate of drug-likeness (QED) is 0.512. The van der Waals surface area contributed by atoms with Crippen LogP contribution in [0.25, 0.3) is 0 Å². The van der Waals surface area contributed by atoms with E-state index in [0.717, 1.165) is 21.2 Å². The van der Waals surface area contributed by atoms with E-state index in [1.807, 2.05) is 62.4 Å². The van der Waals surface area contributed by atoms with Crippen LogP contribution >= 0.6 is 15.9 Å². The van der Waals surface area contributed by atoms with Crippen LogP contribution in [0.4, 0.5) is 5.69 Å². The van der Waals surface area contributed by atoms with Crippen LogP contribution in [0.5, 0.6) is 0 Å². The number of nitrogens with one attached hydrogen (secondary N) is 2. The number of rotatable bonds is 7. The SMILES string of the molecule is Cc1ccc(C)c(NC(=O)[C@@H](Cc2ccccc2)NS(=O)(=O)c2ccc(Br)cc2)c1. The summed E-state index contributed by atoms with van der Waals surface area (Å²) in [6, 6.07) is 20.4. The van der Waals surface area contributed by atoms with Crippen molar-refractivity contribution in [3.05, 3.63) is 94.0 Å². The molecule has 0 aliphatic rings. The van der Waals surface area contributed by atoms with Crippen molar-refractivity contribution in [2.45, 2.75) is 31.2 Å². The van der Waals surface area contributed by atoms with Crippen LogP contribution in [0.1, 0.15) is 16.7 Å². The van der Waals surface area contributed by atoms with Gasteiger partial charge in [-0.25, -0.2) is 8.42 Å². The highest BCUT2D eigenvalue weighted by atomic mass is 79.9. The number of carbonyl (C=O) groups is 1. The maximum atomic E-state index is 13.1. The van der Waals surface area contributed by atoms with Crippen LogP contribution in [0.15, 0.2) is 82.2 Å². The number of amides is 1. The molecule has 3 aromatic carbocycles. The second-order valence-corrected chi connectivity index (χ2v) is 9.75. The van der Waals surface area contributed by atoms with Crippen molar-refractivity contribution >= 4 is 37.5 Å². The van der Waals surface area contributed by atoms with Gasteiger partial charge in [-0.3, -0.25) is 4.79 Å². The minimum atomic E-state index is -3.88. The van der Waals surface area contributed by atoms with Crippen LogP contribution in [-0.4, -0.2) is 20.4 Å². The second kappa shape index (κ2) is 9.55. The van der Waals surface area contributed by atoms with Crippen molar-refractivity contribution in [2.75, 3.05) is 5.32 Å². The number of anilines is 1. The van der Waals surface area contributed by atoms with Gasteiger partial charge in [-0.05, 0) is 67.3 Å². The van der Waals surface area contributed by atoms with E-state index in [4.69, 9.17) is 0 Å². The van der Waals surface area contributed by atoms with Crippen molar-refractivity contribution in [2.24, 2.45) is 0 Å². The fourth-order valence-corrected chi connectivity index (χ4v) is 4.46. The summed E-state index contributed by atoms with van der Waals surface area (Å²) in [4.78, 5) is 13.2. The molecule has 2 N–H and O–H groups in total. The van der Waals surface area contributed by atoms with Crippen LogP contribution in [-0.2, 0) is 21.2 Å². The molecule has 7 heteroatoms. The predicted molar refractivity (Wildman–Crippen MR) is 123 cm³/mol. The normalized spacial score (nSPS) is 12.4. The highest BCUT2D eigenvalue weighted by Crippen LogP contribution is 2.19. The Hall–Kier alpha value is -2.48. The van der Waals surface area contributed by atoms with Crippen molar-refractivity contribution in [1.82, 2.24) is 4.72 Å². The van der Waals surface area contributed by atoms with E-state index in [2.05, 4.69) is 26.0 Å². The lowest BCUT2D eigenvalue weighted by atomic mass is 10.1. The number of carbonyl (C=O) groups excluding carboxylic acids is 1. The lowest BCUT2D eigenvalue weighted by molar-refractivity contribution is -0.117. The topological polar surface area (TPSA) is 75.3 Å². The summed E-state index contributed by atoms with van der Waals surface area (Å²) in [7, 11) is -3.88. The zero-order chi connectivity index (χ0) is 21.7. The number of aryl methyl sites for hydroxylation is 2. The van der Waals surface area contributed by atoms with Gasteiger partial charge in [0.25, 0.3) is 0 Å². The smallest absolute Gasteiger partial charge is 0.242 e. The van der Waals surface area contributed by atoms with E-state index >= 15 is 0 Å². The Morgan fingerprint density at radius 3 is 2.30 bits per heavy atom. The molecule has 0 saturated heterocycles. The third-order valence-corrected chi connectivity index (χ3v) is 6.69. The summed E-state index contributed by atoms with van der Waals surface area (Å²) in [5, 5.41) is 2.88. The molecule has 0 bridgehead atoms. The van der Waals surface area contributed by atoms with Gasteiger partial charge in [0.05, 0.1) is 4.90 Å². The first kappa shape index (κ1) is 22.2. The Balaban J connectivity index is 1.88. The average molecular weight is 487 g/mol. The molecule has 0 aliphatic heterocycles. The molecular formula is C23H23BrN2O3S. The van der Waals surface area contributed by atoms with Crippen LogP contribution < -0.4 is 10.0 Å². The molecule has 0 saturated carbocycles. The summed E-state index contributed by atoms with van der Waals surface area (Å²) in [5.41, 5.74) is 3.44. The molecule has 0 aromatic heterocycles. The Bertz CT molecular complexity index is 1130. The molecule has 30 heavy (non-hydrogen) atoms. The molecule has 0 heterocycles. The van der Waals surface area contributed by atoms with Crippen LogP contribution in [0.2, 0.25) is 0 Å².